The first kappa shape index (κ1) is 17.9. The second-order valence-corrected chi connectivity index (χ2v) is 6.01. The van der Waals surface area contributed by atoms with Crippen LogP contribution in [0.1, 0.15) is 29.1 Å². The van der Waals surface area contributed by atoms with Crippen LogP contribution in [-0.4, -0.2) is 22.2 Å². The van der Waals surface area contributed by atoms with Gasteiger partial charge in [0.2, 0.25) is 0 Å². The SMILES string of the molecule is Cc1ccc(C(=O)O)s1.Cc1ccc(C(=O)O)s1.[Fe]. The minimum Gasteiger partial charge on any atom is -0.477 e. The van der Waals surface area contributed by atoms with Crippen LogP contribution in [0.2, 0.25) is 0 Å². The second kappa shape index (κ2) is 8.12. The molecule has 0 amide bonds. The molecule has 7 heteroatoms. The number of carboxylic acid groups (broad SMARTS) is 2. The summed E-state index contributed by atoms with van der Waals surface area (Å²) in [6, 6.07) is 6.83. The van der Waals surface area contributed by atoms with Crippen molar-refractivity contribution in [3.8, 4) is 0 Å². The molecule has 0 aliphatic rings. The van der Waals surface area contributed by atoms with E-state index in [1.165, 1.54) is 22.7 Å². The van der Waals surface area contributed by atoms with Gasteiger partial charge in [-0.05, 0) is 38.1 Å². The fraction of sp³-hybridized carbons (Fsp3) is 0.167. The first-order valence-electron chi connectivity index (χ1n) is 4.99. The quantitative estimate of drug-likeness (QED) is 0.821. The molecule has 2 N–H and O–H groups in total. The summed E-state index contributed by atoms with van der Waals surface area (Å²) in [5.74, 6) is -1.68. The molecular formula is C12H12FeO4S2. The van der Waals surface area contributed by atoms with Crippen molar-refractivity contribution in [3.63, 3.8) is 0 Å². The van der Waals surface area contributed by atoms with Gasteiger partial charge in [-0.2, -0.15) is 0 Å². The van der Waals surface area contributed by atoms with Crippen LogP contribution in [0.4, 0.5) is 0 Å². The monoisotopic (exact) mass is 340 g/mol. The molecule has 0 saturated carbocycles. The summed E-state index contributed by atoms with van der Waals surface area (Å²) >= 11 is 2.59. The van der Waals surface area contributed by atoms with E-state index in [0.717, 1.165) is 9.75 Å². The number of hydrogen-bond donors (Lipinski definition) is 2. The third-order valence-electron chi connectivity index (χ3n) is 1.90. The van der Waals surface area contributed by atoms with E-state index >= 15 is 0 Å². The second-order valence-electron chi connectivity index (χ2n) is 3.43. The van der Waals surface area contributed by atoms with E-state index in [-0.39, 0.29) is 17.1 Å². The molecule has 0 radical (unpaired) electrons. The van der Waals surface area contributed by atoms with Gasteiger partial charge in [-0.25, -0.2) is 9.59 Å². The average Bonchev–Trinajstić information content (AvgIpc) is 2.88. The van der Waals surface area contributed by atoms with E-state index < -0.39 is 11.9 Å². The fourth-order valence-electron chi connectivity index (χ4n) is 1.10. The van der Waals surface area contributed by atoms with Crippen molar-refractivity contribution < 1.29 is 36.9 Å². The van der Waals surface area contributed by atoms with Gasteiger partial charge < -0.3 is 10.2 Å². The van der Waals surface area contributed by atoms with Crippen molar-refractivity contribution in [1.82, 2.24) is 0 Å². The zero-order chi connectivity index (χ0) is 13.7. The Hall–Kier alpha value is -1.14. The van der Waals surface area contributed by atoms with Gasteiger partial charge in [0.1, 0.15) is 9.75 Å². The molecule has 0 aliphatic heterocycles. The van der Waals surface area contributed by atoms with Gasteiger partial charge >= 0.3 is 11.9 Å². The molecule has 0 fully saturated rings. The maximum absolute atomic E-state index is 10.2. The molecule has 2 rings (SSSR count). The predicted octanol–water partition coefficient (Wildman–Crippen LogP) is 3.51. The van der Waals surface area contributed by atoms with Crippen molar-refractivity contribution in [1.29, 1.82) is 0 Å². The molecule has 0 aliphatic carbocycles. The fourth-order valence-corrected chi connectivity index (χ4v) is 2.51. The van der Waals surface area contributed by atoms with Gasteiger partial charge in [0, 0.05) is 26.8 Å². The van der Waals surface area contributed by atoms with Crippen LogP contribution in [-0.2, 0) is 17.1 Å². The summed E-state index contributed by atoms with van der Waals surface area (Å²) in [7, 11) is 0. The van der Waals surface area contributed by atoms with Crippen molar-refractivity contribution in [2.24, 2.45) is 0 Å². The Morgan fingerprint density at radius 1 is 0.842 bits per heavy atom. The van der Waals surface area contributed by atoms with E-state index in [9.17, 15) is 9.59 Å². The van der Waals surface area contributed by atoms with Crippen LogP contribution in [0, 0.1) is 13.8 Å². The van der Waals surface area contributed by atoms with Crippen LogP contribution in [0.15, 0.2) is 24.3 Å². The minimum atomic E-state index is -0.840. The maximum atomic E-state index is 10.2. The predicted molar refractivity (Wildman–Crippen MR) is 72.0 cm³/mol. The molecule has 0 spiro atoms. The van der Waals surface area contributed by atoms with E-state index in [0.29, 0.717) is 9.75 Å². The Morgan fingerprint density at radius 3 is 1.26 bits per heavy atom. The first-order valence-corrected chi connectivity index (χ1v) is 6.63. The largest absolute Gasteiger partial charge is 0.477 e. The standard InChI is InChI=1S/2C6H6O2S.Fe/c2*1-4-2-3-5(9-4)6(7)8;/h2*2-3H,1H3,(H,7,8);. The Morgan fingerprint density at radius 2 is 1.16 bits per heavy atom. The molecule has 0 aromatic carbocycles. The molecule has 4 nitrogen and oxygen atoms in total. The third-order valence-corrected chi connectivity index (χ3v) is 3.88. The Balaban J connectivity index is 0.000000324. The van der Waals surface area contributed by atoms with Crippen LogP contribution >= 0.6 is 22.7 Å². The van der Waals surface area contributed by atoms with Gasteiger partial charge in [0.25, 0.3) is 0 Å². The van der Waals surface area contributed by atoms with Crippen molar-refractivity contribution in [2.45, 2.75) is 13.8 Å². The number of thiophene rings is 2. The summed E-state index contributed by atoms with van der Waals surface area (Å²) in [6.45, 7) is 3.77. The van der Waals surface area contributed by atoms with E-state index in [2.05, 4.69) is 0 Å². The minimum absolute atomic E-state index is 0. The summed E-state index contributed by atoms with van der Waals surface area (Å²) in [5.41, 5.74) is 0. The number of hydrogen-bond acceptors (Lipinski definition) is 4. The maximum Gasteiger partial charge on any atom is 0.345 e. The molecule has 0 unspecified atom stereocenters. The van der Waals surface area contributed by atoms with Crippen molar-refractivity contribution in [2.75, 3.05) is 0 Å². The van der Waals surface area contributed by atoms with Crippen LogP contribution in [0.3, 0.4) is 0 Å². The van der Waals surface area contributed by atoms with Crippen LogP contribution in [0.5, 0.6) is 0 Å². The van der Waals surface area contributed by atoms with Gasteiger partial charge in [0.15, 0.2) is 0 Å². The first-order chi connectivity index (χ1) is 8.40. The zero-order valence-electron chi connectivity index (χ0n) is 10.2. The Bertz CT molecular complexity index is 509. The van der Waals surface area contributed by atoms with Gasteiger partial charge in [-0.15, -0.1) is 22.7 Å². The molecule has 19 heavy (non-hydrogen) atoms. The molecule has 104 valence electrons. The van der Waals surface area contributed by atoms with Gasteiger partial charge in [-0.1, -0.05) is 0 Å². The van der Waals surface area contributed by atoms with Crippen LogP contribution in [0.25, 0.3) is 0 Å². The van der Waals surface area contributed by atoms with Crippen LogP contribution < -0.4 is 0 Å². The van der Waals surface area contributed by atoms with Crippen molar-refractivity contribution >= 4 is 34.6 Å². The number of carboxylic acids is 2. The number of carbonyl (C=O) groups is 2. The van der Waals surface area contributed by atoms with Gasteiger partial charge in [0.05, 0.1) is 0 Å². The third kappa shape index (κ3) is 6.02. The normalized spacial score (nSPS) is 8.95. The summed E-state index contributed by atoms with van der Waals surface area (Å²) in [5, 5.41) is 16.8. The topological polar surface area (TPSA) is 74.6 Å². The number of rotatable bonds is 2. The van der Waals surface area contributed by atoms with E-state index in [4.69, 9.17) is 10.2 Å². The molecule has 0 atom stereocenters. The Kier molecular flexibility index (Phi) is 7.63. The molecular weight excluding hydrogens is 328 g/mol. The molecule has 2 aromatic rings. The average molecular weight is 340 g/mol. The molecule has 0 bridgehead atoms. The summed E-state index contributed by atoms with van der Waals surface area (Å²) in [6.07, 6.45) is 0. The summed E-state index contributed by atoms with van der Waals surface area (Å²) < 4.78 is 0. The van der Waals surface area contributed by atoms with E-state index in [1.807, 2.05) is 13.8 Å². The van der Waals surface area contributed by atoms with E-state index in [1.54, 1.807) is 24.3 Å². The molecule has 2 heterocycles. The molecule has 0 saturated heterocycles. The summed E-state index contributed by atoms with van der Waals surface area (Å²) in [4.78, 5) is 23.3. The number of aryl methyl sites for hydroxylation is 2. The van der Waals surface area contributed by atoms with Crippen molar-refractivity contribution in [3.05, 3.63) is 43.8 Å². The Labute approximate surface area is 129 Å². The molecule has 2 aromatic heterocycles. The smallest absolute Gasteiger partial charge is 0.345 e. The zero-order valence-corrected chi connectivity index (χ0v) is 12.9. The number of aromatic carboxylic acids is 2. The van der Waals surface area contributed by atoms with Gasteiger partial charge in [-0.3, -0.25) is 0 Å².